The van der Waals surface area contributed by atoms with Gasteiger partial charge in [0.25, 0.3) is 5.91 Å². The molecule has 3 heterocycles. The Balaban J connectivity index is 1.32. The summed E-state index contributed by atoms with van der Waals surface area (Å²) in [4.78, 5) is 39.8. The third kappa shape index (κ3) is 3.51. The molecule has 1 aliphatic carbocycles. The summed E-state index contributed by atoms with van der Waals surface area (Å²) in [5, 5.41) is 6.88. The molecule has 1 saturated carbocycles. The van der Waals surface area contributed by atoms with Gasteiger partial charge in [-0.15, -0.1) is 0 Å². The van der Waals surface area contributed by atoms with Crippen LogP contribution < -0.4 is 5.32 Å². The van der Waals surface area contributed by atoms with Gasteiger partial charge in [0.05, 0.1) is 14.1 Å². The lowest BCUT2D eigenvalue weighted by Crippen LogP contribution is -2.59. The van der Waals surface area contributed by atoms with Crippen LogP contribution >= 0.6 is 0 Å². The van der Waals surface area contributed by atoms with Gasteiger partial charge in [0.15, 0.2) is 11.7 Å². The van der Waals surface area contributed by atoms with Crippen LogP contribution in [0.5, 0.6) is 0 Å². The number of hydrogen-bond donors (Lipinski definition) is 1. The van der Waals surface area contributed by atoms with Gasteiger partial charge in [0.1, 0.15) is 12.0 Å². The van der Waals surface area contributed by atoms with Crippen molar-refractivity contribution in [2.24, 2.45) is 0 Å². The molecule has 4 amide bonds. The molecule has 1 atom stereocenters. The lowest BCUT2D eigenvalue weighted by Gasteiger charge is -2.36. The van der Waals surface area contributed by atoms with Crippen molar-refractivity contribution in [2.45, 2.75) is 43.7 Å². The first-order valence-corrected chi connectivity index (χ1v) is 9.35. The predicted molar refractivity (Wildman–Crippen MR) is 94.7 cm³/mol. The van der Waals surface area contributed by atoms with E-state index >= 15 is 0 Å². The highest BCUT2D eigenvalue weighted by Crippen LogP contribution is 2.40. The molecule has 1 N–H and O–H groups in total. The maximum absolute atomic E-state index is 12.4. The zero-order chi connectivity index (χ0) is 19.1. The fourth-order valence-electron chi connectivity index (χ4n) is 3.66. The SMILES string of the molecule is CN1C(=O)C(N2CCC(NC(=O)c3cc(C4CC4)on3)CC2)C=[N+](C)C1=O. The van der Waals surface area contributed by atoms with E-state index in [1.54, 1.807) is 19.3 Å². The van der Waals surface area contributed by atoms with E-state index in [0.717, 1.165) is 36.3 Å². The van der Waals surface area contributed by atoms with Gasteiger partial charge in [0, 0.05) is 31.1 Å². The van der Waals surface area contributed by atoms with Gasteiger partial charge in [-0.2, -0.15) is 9.69 Å². The van der Waals surface area contributed by atoms with Crippen molar-refractivity contribution in [3.63, 3.8) is 0 Å². The molecule has 0 aromatic carbocycles. The van der Waals surface area contributed by atoms with Gasteiger partial charge in [-0.3, -0.25) is 9.69 Å². The Bertz CT molecular complexity index is 804. The number of amides is 4. The minimum Gasteiger partial charge on any atom is -0.360 e. The lowest BCUT2D eigenvalue weighted by molar-refractivity contribution is -0.401. The van der Waals surface area contributed by atoms with E-state index in [-0.39, 0.29) is 23.9 Å². The number of aromatic nitrogens is 1. The highest BCUT2D eigenvalue weighted by molar-refractivity contribution is 6.06. The Hall–Kier alpha value is -2.55. The zero-order valence-corrected chi connectivity index (χ0v) is 15.6. The minimum atomic E-state index is -0.439. The summed E-state index contributed by atoms with van der Waals surface area (Å²) in [6, 6.07) is 1.01. The normalized spacial score (nSPS) is 24.9. The monoisotopic (exact) mass is 374 g/mol. The third-order valence-electron chi connectivity index (χ3n) is 5.54. The second-order valence-corrected chi connectivity index (χ2v) is 7.56. The van der Waals surface area contributed by atoms with Crippen LogP contribution in [-0.2, 0) is 4.79 Å². The Morgan fingerprint density at radius 1 is 1.26 bits per heavy atom. The first kappa shape index (κ1) is 17.8. The van der Waals surface area contributed by atoms with Crippen molar-refractivity contribution in [3.8, 4) is 0 Å². The quantitative estimate of drug-likeness (QED) is 0.767. The molecule has 4 rings (SSSR count). The summed E-state index contributed by atoms with van der Waals surface area (Å²) in [5.74, 6) is 0.795. The van der Waals surface area contributed by atoms with Crippen LogP contribution in [0.15, 0.2) is 10.6 Å². The number of urea groups is 1. The summed E-state index contributed by atoms with van der Waals surface area (Å²) in [6.45, 7) is 1.33. The molecule has 3 aliphatic rings. The van der Waals surface area contributed by atoms with Crippen LogP contribution in [0, 0.1) is 0 Å². The number of likely N-dealkylation sites (tertiary alicyclic amines) is 1. The van der Waals surface area contributed by atoms with Crippen LogP contribution in [0.2, 0.25) is 0 Å². The number of carbonyl (C=O) groups is 3. The molecule has 27 heavy (non-hydrogen) atoms. The summed E-state index contributed by atoms with van der Waals surface area (Å²) in [6.07, 6.45) is 5.33. The first-order valence-electron chi connectivity index (χ1n) is 9.35. The van der Waals surface area contributed by atoms with Crippen molar-refractivity contribution in [3.05, 3.63) is 17.5 Å². The topological polar surface area (TPSA) is 98.8 Å². The number of rotatable bonds is 4. The Morgan fingerprint density at radius 2 is 1.96 bits per heavy atom. The number of imide groups is 1. The van der Waals surface area contributed by atoms with Gasteiger partial charge < -0.3 is 9.84 Å². The minimum absolute atomic E-state index is 0.0330. The summed E-state index contributed by atoms with van der Waals surface area (Å²) in [7, 11) is 3.15. The summed E-state index contributed by atoms with van der Waals surface area (Å²) >= 11 is 0. The Labute approximate surface area is 157 Å². The van der Waals surface area contributed by atoms with Crippen LogP contribution in [0.3, 0.4) is 0 Å². The fraction of sp³-hybridized carbons (Fsp3) is 0.611. The summed E-state index contributed by atoms with van der Waals surface area (Å²) in [5.41, 5.74) is 0.330. The molecule has 0 spiro atoms. The van der Waals surface area contributed by atoms with Gasteiger partial charge in [-0.05, 0) is 25.7 Å². The lowest BCUT2D eigenvalue weighted by atomic mass is 10.0. The smallest absolute Gasteiger partial charge is 0.360 e. The first-order chi connectivity index (χ1) is 12.9. The van der Waals surface area contributed by atoms with E-state index in [2.05, 4.69) is 10.5 Å². The van der Waals surface area contributed by atoms with Crippen LogP contribution in [0.25, 0.3) is 0 Å². The molecule has 1 aromatic rings. The molecule has 1 aromatic heterocycles. The van der Waals surface area contributed by atoms with E-state index in [9.17, 15) is 14.4 Å². The van der Waals surface area contributed by atoms with Crippen molar-refractivity contribution in [2.75, 3.05) is 27.2 Å². The molecule has 0 bridgehead atoms. The number of piperidine rings is 1. The van der Waals surface area contributed by atoms with Gasteiger partial charge >= 0.3 is 11.9 Å². The van der Waals surface area contributed by atoms with Gasteiger partial charge in [-0.1, -0.05) is 5.16 Å². The highest BCUT2D eigenvalue weighted by atomic mass is 16.5. The molecule has 9 heteroatoms. The molecule has 2 aliphatic heterocycles. The van der Waals surface area contributed by atoms with Crippen LogP contribution in [0.4, 0.5) is 4.79 Å². The maximum atomic E-state index is 12.4. The van der Waals surface area contributed by atoms with Crippen LogP contribution in [-0.4, -0.2) is 82.9 Å². The average Bonchev–Trinajstić information content (AvgIpc) is 3.40. The zero-order valence-electron chi connectivity index (χ0n) is 15.6. The molecular weight excluding hydrogens is 350 g/mol. The van der Waals surface area contributed by atoms with Crippen molar-refractivity contribution < 1.29 is 23.5 Å². The number of hydrogen-bond acceptors (Lipinski definition) is 6. The summed E-state index contributed by atoms with van der Waals surface area (Å²) < 4.78 is 6.68. The molecule has 1 unspecified atom stereocenters. The van der Waals surface area contributed by atoms with E-state index in [1.165, 1.54) is 11.6 Å². The molecule has 9 nitrogen and oxygen atoms in total. The fourth-order valence-corrected chi connectivity index (χ4v) is 3.66. The molecule has 0 radical (unpaired) electrons. The van der Waals surface area contributed by atoms with E-state index < -0.39 is 6.04 Å². The van der Waals surface area contributed by atoms with Crippen LogP contribution in [0.1, 0.15) is 47.8 Å². The predicted octanol–water partition coefficient (Wildman–Crippen LogP) is 0.420. The van der Waals surface area contributed by atoms with Gasteiger partial charge in [-0.25, -0.2) is 9.37 Å². The molecule has 144 valence electrons. The molecule has 1 saturated heterocycles. The second-order valence-electron chi connectivity index (χ2n) is 7.56. The van der Waals surface area contributed by atoms with Crippen molar-refractivity contribution in [1.29, 1.82) is 0 Å². The van der Waals surface area contributed by atoms with E-state index in [4.69, 9.17) is 4.52 Å². The standard InChI is InChI=1S/C18H23N5O4/c1-21-10-14(17(25)22(2)18(21)26)23-7-5-12(6-8-23)19-16(24)13-9-15(27-20-13)11-3-4-11/h9-12,14H,3-8H2,1-2H3/p+1. The van der Waals surface area contributed by atoms with Crippen molar-refractivity contribution >= 4 is 24.1 Å². The highest BCUT2D eigenvalue weighted by Gasteiger charge is 2.42. The number of nitrogens with zero attached hydrogens (tertiary/aromatic N) is 4. The maximum Gasteiger partial charge on any atom is 0.500 e. The number of carbonyl (C=O) groups excluding carboxylic acids is 3. The third-order valence-corrected chi connectivity index (χ3v) is 5.54. The largest absolute Gasteiger partial charge is 0.500 e. The molecular formula is C18H24N5O4+. The van der Waals surface area contributed by atoms with E-state index in [0.29, 0.717) is 24.7 Å². The second kappa shape index (κ2) is 6.88. The number of nitrogens with one attached hydrogen (secondary N) is 1. The molecule has 2 fully saturated rings. The van der Waals surface area contributed by atoms with E-state index in [1.807, 2.05) is 4.90 Å². The van der Waals surface area contributed by atoms with Gasteiger partial charge in [0.2, 0.25) is 0 Å². The Morgan fingerprint density at radius 3 is 2.63 bits per heavy atom. The number of likely N-dealkylation sites (N-methyl/N-ethyl adjacent to an activating group) is 1. The Kier molecular flexibility index (Phi) is 4.55. The van der Waals surface area contributed by atoms with Crippen molar-refractivity contribution in [1.82, 2.24) is 20.3 Å². The average molecular weight is 374 g/mol.